The van der Waals surface area contributed by atoms with E-state index in [1.807, 2.05) is 11.3 Å². The van der Waals surface area contributed by atoms with Crippen LogP contribution in [0.1, 0.15) is 16.0 Å². The number of likely N-dealkylation sites (N-methyl/N-ethyl adjacent to an activating group) is 1. The summed E-state index contributed by atoms with van der Waals surface area (Å²) >= 11 is 1.81. The number of thiophene rings is 1. The molecule has 0 aliphatic carbocycles. The maximum Gasteiger partial charge on any atom is 0.122 e. The molecule has 0 bridgehead atoms. The Labute approximate surface area is 155 Å². The van der Waals surface area contributed by atoms with Crippen molar-refractivity contribution in [2.75, 3.05) is 46.4 Å². The van der Waals surface area contributed by atoms with E-state index in [0.717, 1.165) is 51.5 Å². The summed E-state index contributed by atoms with van der Waals surface area (Å²) in [6.07, 6.45) is 0.961. The molecule has 0 atom stereocenters. The van der Waals surface area contributed by atoms with Crippen molar-refractivity contribution in [3.8, 4) is 5.75 Å². The van der Waals surface area contributed by atoms with Crippen LogP contribution in [0, 0.1) is 6.92 Å². The molecule has 2 heterocycles. The van der Waals surface area contributed by atoms with Crippen LogP contribution in [-0.4, -0.2) is 56.2 Å². The Hall–Kier alpha value is -1.07. The van der Waals surface area contributed by atoms with E-state index in [1.165, 1.54) is 16.0 Å². The van der Waals surface area contributed by atoms with Crippen LogP contribution >= 0.6 is 23.7 Å². The second-order valence-corrected chi connectivity index (χ2v) is 7.39. The summed E-state index contributed by atoms with van der Waals surface area (Å²) in [5.41, 5.74) is 2.59. The summed E-state index contributed by atoms with van der Waals surface area (Å²) in [5, 5.41) is 2.14. The van der Waals surface area contributed by atoms with Crippen LogP contribution < -0.4 is 4.74 Å². The normalized spacial score (nSPS) is 15.9. The van der Waals surface area contributed by atoms with E-state index < -0.39 is 0 Å². The molecule has 0 radical (unpaired) electrons. The lowest BCUT2D eigenvalue weighted by Crippen LogP contribution is -2.45. The van der Waals surface area contributed by atoms with E-state index in [4.69, 9.17) is 4.74 Å². The van der Waals surface area contributed by atoms with E-state index in [2.05, 4.69) is 59.5 Å². The van der Waals surface area contributed by atoms with Gasteiger partial charge in [0.05, 0.1) is 0 Å². The molecule has 3 rings (SSSR count). The van der Waals surface area contributed by atoms with Gasteiger partial charge in [-0.2, -0.15) is 0 Å². The first-order valence-corrected chi connectivity index (χ1v) is 9.24. The lowest BCUT2D eigenvalue weighted by molar-refractivity contribution is 0.133. The Morgan fingerprint density at radius 2 is 1.92 bits per heavy atom. The molecule has 1 aliphatic heterocycles. The third-order valence-corrected chi connectivity index (χ3v) is 5.30. The third kappa shape index (κ3) is 5.49. The Kier molecular flexibility index (Phi) is 7.56. The Morgan fingerprint density at radius 1 is 1.12 bits per heavy atom. The van der Waals surface area contributed by atoms with Gasteiger partial charge in [-0.25, -0.2) is 0 Å². The average Bonchev–Trinajstić information content (AvgIpc) is 3.04. The average molecular weight is 367 g/mol. The van der Waals surface area contributed by atoms with Gasteiger partial charge in [0, 0.05) is 44.0 Å². The molecule has 132 valence electrons. The van der Waals surface area contributed by atoms with Gasteiger partial charge in [0.25, 0.3) is 0 Å². The minimum absolute atomic E-state index is 0. The molecule has 1 aromatic carbocycles. The second-order valence-electron chi connectivity index (χ2n) is 6.36. The number of aryl methyl sites for hydroxylation is 1. The van der Waals surface area contributed by atoms with Crippen molar-refractivity contribution < 1.29 is 4.74 Å². The van der Waals surface area contributed by atoms with Crippen LogP contribution in [0.15, 0.2) is 35.7 Å². The van der Waals surface area contributed by atoms with Gasteiger partial charge in [-0.15, -0.1) is 23.7 Å². The Morgan fingerprint density at radius 3 is 2.62 bits per heavy atom. The van der Waals surface area contributed by atoms with Crippen molar-refractivity contribution >= 4 is 23.7 Å². The highest BCUT2D eigenvalue weighted by Gasteiger charge is 2.13. The van der Waals surface area contributed by atoms with Gasteiger partial charge in [-0.3, -0.25) is 4.90 Å². The molecule has 1 saturated heterocycles. The zero-order valence-electron chi connectivity index (χ0n) is 14.5. The molecule has 0 amide bonds. The van der Waals surface area contributed by atoms with Crippen LogP contribution in [0.2, 0.25) is 0 Å². The predicted molar refractivity (Wildman–Crippen MR) is 105 cm³/mol. The quantitative estimate of drug-likeness (QED) is 0.775. The summed E-state index contributed by atoms with van der Waals surface area (Å²) in [6, 6.07) is 10.8. The molecule has 0 saturated carbocycles. The fourth-order valence-electron chi connectivity index (χ4n) is 2.94. The Bertz CT molecular complexity index is 610. The van der Waals surface area contributed by atoms with Crippen molar-refractivity contribution in [3.05, 3.63) is 51.7 Å². The molecule has 24 heavy (non-hydrogen) atoms. The fraction of sp³-hybridized carbons (Fsp3) is 0.474. The largest absolute Gasteiger partial charge is 0.492 e. The molecular weight excluding hydrogens is 340 g/mol. The maximum atomic E-state index is 6.12. The van der Waals surface area contributed by atoms with Crippen LogP contribution in [0.25, 0.3) is 0 Å². The van der Waals surface area contributed by atoms with Gasteiger partial charge >= 0.3 is 0 Å². The van der Waals surface area contributed by atoms with E-state index in [-0.39, 0.29) is 12.4 Å². The molecular formula is C19H27ClN2OS. The summed E-state index contributed by atoms with van der Waals surface area (Å²) < 4.78 is 6.12. The highest BCUT2D eigenvalue weighted by molar-refractivity contribution is 7.09. The van der Waals surface area contributed by atoms with Crippen molar-refractivity contribution in [2.45, 2.75) is 13.3 Å². The van der Waals surface area contributed by atoms with E-state index >= 15 is 0 Å². The number of rotatable bonds is 6. The number of piperazine rings is 1. The molecule has 1 fully saturated rings. The summed E-state index contributed by atoms with van der Waals surface area (Å²) in [4.78, 5) is 6.27. The number of nitrogens with zero attached hydrogens (tertiary/aromatic N) is 2. The monoisotopic (exact) mass is 366 g/mol. The van der Waals surface area contributed by atoms with E-state index in [9.17, 15) is 0 Å². The van der Waals surface area contributed by atoms with Crippen molar-refractivity contribution in [2.24, 2.45) is 0 Å². The number of hydrogen-bond acceptors (Lipinski definition) is 4. The van der Waals surface area contributed by atoms with Crippen molar-refractivity contribution in [1.82, 2.24) is 9.80 Å². The lowest BCUT2D eigenvalue weighted by atomic mass is 10.1. The standard InChI is InChI=1S/C19H26N2OS.ClH/c1-16-5-6-19(17(14-16)15-18-4-3-13-23-18)22-12-11-21-9-7-20(2)8-10-21;/h3-6,13-14H,7-12,15H2,1-2H3;1H. The number of hydrogen-bond donors (Lipinski definition) is 0. The van der Waals surface area contributed by atoms with Crippen LogP contribution in [0.4, 0.5) is 0 Å². The smallest absolute Gasteiger partial charge is 0.122 e. The first-order valence-electron chi connectivity index (χ1n) is 8.36. The van der Waals surface area contributed by atoms with Crippen LogP contribution in [0.5, 0.6) is 5.75 Å². The molecule has 1 aliphatic rings. The summed E-state index contributed by atoms with van der Waals surface area (Å²) in [5.74, 6) is 1.04. The van der Waals surface area contributed by atoms with Gasteiger partial charge in [0.15, 0.2) is 0 Å². The first kappa shape index (κ1) is 19.3. The molecule has 0 unspecified atom stereocenters. The van der Waals surface area contributed by atoms with Crippen molar-refractivity contribution in [1.29, 1.82) is 0 Å². The van der Waals surface area contributed by atoms with Gasteiger partial charge < -0.3 is 9.64 Å². The third-order valence-electron chi connectivity index (χ3n) is 4.42. The van der Waals surface area contributed by atoms with Crippen LogP contribution in [-0.2, 0) is 6.42 Å². The zero-order valence-corrected chi connectivity index (χ0v) is 16.2. The van der Waals surface area contributed by atoms with E-state index in [1.54, 1.807) is 0 Å². The predicted octanol–water partition coefficient (Wildman–Crippen LogP) is 3.70. The second kappa shape index (κ2) is 9.42. The highest BCUT2D eigenvalue weighted by atomic mass is 35.5. The van der Waals surface area contributed by atoms with Gasteiger partial charge in [-0.05, 0) is 37.0 Å². The maximum absolute atomic E-state index is 6.12. The highest BCUT2D eigenvalue weighted by Crippen LogP contribution is 2.25. The van der Waals surface area contributed by atoms with Crippen LogP contribution in [0.3, 0.4) is 0 Å². The molecule has 3 nitrogen and oxygen atoms in total. The van der Waals surface area contributed by atoms with E-state index in [0.29, 0.717) is 0 Å². The summed E-state index contributed by atoms with van der Waals surface area (Å²) in [7, 11) is 2.19. The summed E-state index contributed by atoms with van der Waals surface area (Å²) in [6.45, 7) is 8.55. The fourth-order valence-corrected chi connectivity index (χ4v) is 3.67. The van der Waals surface area contributed by atoms with Crippen molar-refractivity contribution in [3.63, 3.8) is 0 Å². The minimum Gasteiger partial charge on any atom is -0.492 e. The molecule has 0 N–H and O–H groups in total. The molecule has 2 aromatic rings. The SMILES string of the molecule is Cc1ccc(OCCN2CCN(C)CC2)c(Cc2cccs2)c1.Cl. The van der Waals surface area contributed by atoms with Gasteiger partial charge in [0.1, 0.15) is 12.4 Å². The van der Waals surface area contributed by atoms with Gasteiger partial charge in [0.2, 0.25) is 0 Å². The lowest BCUT2D eigenvalue weighted by Gasteiger charge is -2.32. The zero-order chi connectivity index (χ0) is 16.1. The molecule has 1 aromatic heterocycles. The number of ether oxygens (including phenoxy) is 1. The first-order chi connectivity index (χ1) is 11.2. The molecule has 0 spiro atoms. The number of halogens is 1. The Balaban J connectivity index is 0.00000208. The molecule has 5 heteroatoms. The number of benzene rings is 1. The topological polar surface area (TPSA) is 15.7 Å². The minimum atomic E-state index is 0. The van der Waals surface area contributed by atoms with Gasteiger partial charge in [-0.1, -0.05) is 23.8 Å².